The molecule has 0 radical (unpaired) electrons. The van der Waals surface area contributed by atoms with Gasteiger partial charge in [0, 0.05) is 12.6 Å². The Bertz CT molecular complexity index is 573. The van der Waals surface area contributed by atoms with Crippen molar-refractivity contribution in [1.29, 1.82) is 0 Å². The van der Waals surface area contributed by atoms with Crippen LogP contribution in [0.25, 0.3) is 0 Å². The highest BCUT2D eigenvalue weighted by Gasteiger charge is 2.19. The fraction of sp³-hybridized carbons (Fsp3) is 0.294. The molecule has 3 rings (SSSR count). The summed E-state index contributed by atoms with van der Waals surface area (Å²) in [6.45, 7) is -2.04. The molecular formula is C17H17F2NO. The number of ether oxygens (including phenoxy) is 1. The summed E-state index contributed by atoms with van der Waals surface area (Å²) < 4.78 is 28.5. The van der Waals surface area contributed by atoms with Gasteiger partial charge in [-0.2, -0.15) is 8.78 Å². The number of hydrogen-bond donors (Lipinski definition) is 1. The molecule has 0 atom stereocenters. The Hall–Kier alpha value is -1.94. The Morgan fingerprint density at radius 3 is 2.19 bits per heavy atom. The Kier molecular flexibility index (Phi) is 4.15. The zero-order valence-corrected chi connectivity index (χ0v) is 11.6. The molecule has 0 unspecified atom stereocenters. The number of benzene rings is 2. The maximum atomic E-state index is 12.1. The van der Waals surface area contributed by atoms with Crippen molar-refractivity contribution in [3.8, 4) is 5.75 Å². The third-order valence-electron chi connectivity index (χ3n) is 3.79. The maximum Gasteiger partial charge on any atom is 0.387 e. The summed E-state index contributed by atoms with van der Waals surface area (Å²) in [5.41, 5.74) is 3.89. The summed E-state index contributed by atoms with van der Waals surface area (Å²) in [6, 6.07) is 15.7. The van der Waals surface area contributed by atoms with Gasteiger partial charge < -0.3 is 10.1 Å². The number of rotatable bonds is 5. The van der Waals surface area contributed by atoms with Gasteiger partial charge in [0.2, 0.25) is 0 Å². The van der Waals surface area contributed by atoms with Gasteiger partial charge in [0.15, 0.2) is 0 Å². The SMILES string of the molecule is FC(F)Oc1ccc(CNC2Cc3ccccc3C2)cc1. The van der Waals surface area contributed by atoms with Gasteiger partial charge in [-0.25, -0.2) is 0 Å². The van der Waals surface area contributed by atoms with Gasteiger partial charge in [0.05, 0.1) is 0 Å². The molecule has 0 fully saturated rings. The second kappa shape index (κ2) is 6.22. The van der Waals surface area contributed by atoms with E-state index in [9.17, 15) is 8.78 Å². The Morgan fingerprint density at radius 2 is 1.62 bits per heavy atom. The molecule has 4 heteroatoms. The first kappa shape index (κ1) is 14.0. The first-order chi connectivity index (χ1) is 10.2. The van der Waals surface area contributed by atoms with Crippen LogP contribution in [0.5, 0.6) is 5.75 Å². The molecule has 0 aromatic heterocycles. The van der Waals surface area contributed by atoms with E-state index in [2.05, 4.69) is 34.3 Å². The second-order valence-corrected chi connectivity index (χ2v) is 5.28. The number of nitrogens with one attached hydrogen (secondary N) is 1. The molecule has 0 amide bonds. The standard InChI is InChI=1S/C17H17F2NO/c18-17(19)21-16-7-5-12(6-8-16)11-20-15-9-13-3-1-2-4-14(13)10-15/h1-8,15,17,20H,9-11H2. The van der Waals surface area contributed by atoms with Crippen LogP contribution in [-0.2, 0) is 19.4 Å². The lowest BCUT2D eigenvalue weighted by Gasteiger charge is -2.12. The van der Waals surface area contributed by atoms with E-state index in [1.165, 1.54) is 11.1 Å². The Morgan fingerprint density at radius 1 is 1.00 bits per heavy atom. The molecule has 2 aromatic carbocycles. The molecule has 0 bridgehead atoms. The predicted molar refractivity (Wildman–Crippen MR) is 77.6 cm³/mol. The lowest BCUT2D eigenvalue weighted by Crippen LogP contribution is -2.28. The molecule has 0 heterocycles. The molecule has 0 saturated heterocycles. The first-order valence-electron chi connectivity index (χ1n) is 7.04. The fourth-order valence-electron chi connectivity index (χ4n) is 2.75. The molecule has 2 aromatic rings. The van der Waals surface area contributed by atoms with Crippen LogP contribution in [0.4, 0.5) is 8.78 Å². The predicted octanol–water partition coefficient (Wildman–Crippen LogP) is 3.55. The van der Waals surface area contributed by atoms with Crippen molar-refractivity contribution in [2.75, 3.05) is 0 Å². The van der Waals surface area contributed by atoms with Crippen molar-refractivity contribution in [1.82, 2.24) is 5.32 Å². The lowest BCUT2D eigenvalue weighted by molar-refractivity contribution is -0.0498. The van der Waals surface area contributed by atoms with E-state index in [1.54, 1.807) is 12.1 Å². The third-order valence-corrected chi connectivity index (χ3v) is 3.79. The average molecular weight is 289 g/mol. The molecule has 110 valence electrons. The highest BCUT2D eigenvalue weighted by Crippen LogP contribution is 2.22. The summed E-state index contributed by atoms with van der Waals surface area (Å²) in [7, 11) is 0. The van der Waals surface area contributed by atoms with Gasteiger partial charge in [-0.1, -0.05) is 36.4 Å². The molecule has 0 saturated carbocycles. The van der Waals surface area contributed by atoms with Crippen LogP contribution < -0.4 is 10.1 Å². The van der Waals surface area contributed by atoms with Crippen LogP contribution >= 0.6 is 0 Å². The highest BCUT2D eigenvalue weighted by atomic mass is 19.3. The van der Waals surface area contributed by atoms with Gasteiger partial charge in [-0.05, 0) is 41.7 Å². The summed E-state index contributed by atoms with van der Waals surface area (Å²) >= 11 is 0. The van der Waals surface area contributed by atoms with Crippen LogP contribution in [0, 0.1) is 0 Å². The minimum absolute atomic E-state index is 0.196. The summed E-state index contributed by atoms with van der Waals surface area (Å²) in [5.74, 6) is 0.196. The minimum atomic E-state index is -2.77. The quantitative estimate of drug-likeness (QED) is 0.909. The Labute approximate surface area is 122 Å². The monoisotopic (exact) mass is 289 g/mol. The van der Waals surface area contributed by atoms with Crippen molar-refractivity contribution < 1.29 is 13.5 Å². The van der Waals surface area contributed by atoms with Crippen LogP contribution in [0.3, 0.4) is 0 Å². The van der Waals surface area contributed by atoms with E-state index < -0.39 is 6.61 Å². The molecule has 2 nitrogen and oxygen atoms in total. The van der Waals surface area contributed by atoms with Crippen molar-refractivity contribution >= 4 is 0 Å². The largest absolute Gasteiger partial charge is 0.435 e. The molecule has 1 N–H and O–H groups in total. The third kappa shape index (κ3) is 3.58. The zero-order valence-electron chi connectivity index (χ0n) is 11.6. The van der Waals surface area contributed by atoms with Gasteiger partial charge in [0.1, 0.15) is 5.75 Å². The molecule has 1 aliphatic carbocycles. The molecular weight excluding hydrogens is 272 g/mol. The van der Waals surface area contributed by atoms with Crippen LogP contribution in [0.15, 0.2) is 48.5 Å². The van der Waals surface area contributed by atoms with Crippen molar-refractivity contribution in [3.63, 3.8) is 0 Å². The van der Waals surface area contributed by atoms with Gasteiger partial charge >= 0.3 is 6.61 Å². The number of fused-ring (bicyclic) bond motifs is 1. The normalized spacial score (nSPS) is 14.4. The summed E-state index contributed by atoms with van der Waals surface area (Å²) in [4.78, 5) is 0. The number of alkyl halides is 2. The van der Waals surface area contributed by atoms with E-state index in [0.717, 1.165) is 24.9 Å². The van der Waals surface area contributed by atoms with E-state index in [0.29, 0.717) is 6.04 Å². The average Bonchev–Trinajstić information content (AvgIpc) is 2.89. The second-order valence-electron chi connectivity index (χ2n) is 5.28. The van der Waals surface area contributed by atoms with E-state index in [1.807, 2.05) is 12.1 Å². The number of hydrogen-bond acceptors (Lipinski definition) is 2. The van der Waals surface area contributed by atoms with E-state index in [-0.39, 0.29) is 5.75 Å². The first-order valence-corrected chi connectivity index (χ1v) is 7.04. The minimum Gasteiger partial charge on any atom is -0.435 e. The molecule has 0 spiro atoms. The zero-order chi connectivity index (χ0) is 14.7. The topological polar surface area (TPSA) is 21.3 Å². The fourth-order valence-corrected chi connectivity index (χ4v) is 2.75. The van der Waals surface area contributed by atoms with E-state index >= 15 is 0 Å². The smallest absolute Gasteiger partial charge is 0.387 e. The number of halogens is 2. The Balaban J connectivity index is 1.52. The van der Waals surface area contributed by atoms with Crippen molar-refractivity contribution in [2.24, 2.45) is 0 Å². The summed E-state index contributed by atoms with van der Waals surface area (Å²) in [6.07, 6.45) is 2.09. The van der Waals surface area contributed by atoms with E-state index in [4.69, 9.17) is 0 Å². The van der Waals surface area contributed by atoms with Gasteiger partial charge in [-0.3, -0.25) is 0 Å². The maximum absolute atomic E-state index is 12.1. The van der Waals surface area contributed by atoms with Crippen molar-refractivity contribution in [3.05, 3.63) is 65.2 Å². The van der Waals surface area contributed by atoms with Crippen molar-refractivity contribution in [2.45, 2.75) is 32.0 Å². The van der Waals surface area contributed by atoms with Gasteiger partial charge in [-0.15, -0.1) is 0 Å². The van der Waals surface area contributed by atoms with Crippen LogP contribution in [-0.4, -0.2) is 12.7 Å². The lowest BCUT2D eigenvalue weighted by atomic mass is 10.1. The highest BCUT2D eigenvalue weighted by molar-refractivity contribution is 5.33. The molecule has 0 aliphatic heterocycles. The van der Waals surface area contributed by atoms with Crippen LogP contribution in [0.1, 0.15) is 16.7 Å². The van der Waals surface area contributed by atoms with Gasteiger partial charge in [0.25, 0.3) is 0 Å². The molecule has 21 heavy (non-hydrogen) atoms. The van der Waals surface area contributed by atoms with Crippen LogP contribution in [0.2, 0.25) is 0 Å². The summed E-state index contributed by atoms with van der Waals surface area (Å²) in [5, 5.41) is 3.52. The molecule has 1 aliphatic rings.